The Bertz CT molecular complexity index is 99.7. The molecule has 0 atom stereocenters. The van der Waals surface area contributed by atoms with E-state index in [9.17, 15) is 0 Å². The summed E-state index contributed by atoms with van der Waals surface area (Å²) in [5.41, 5.74) is 0. The van der Waals surface area contributed by atoms with Gasteiger partial charge in [0.1, 0.15) is 0 Å². The van der Waals surface area contributed by atoms with Crippen LogP contribution in [0.25, 0.3) is 0 Å². The average molecular weight is 174 g/mol. The van der Waals surface area contributed by atoms with Crippen molar-refractivity contribution in [2.75, 3.05) is 0 Å². The quantitative estimate of drug-likeness (QED) is 0.450. The molecule has 0 unspecified atom stereocenters. The van der Waals surface area contributed by atoms with E-state index in [1.165, 1.54) is 0 Å². The van der Waals surface area contributed by atoms with Crippen molar-refractivity contribution in [3.8, 4) is 0 Å². The topological polar surface area (TPSA) is 12.4 Å². The van der Waals surface area contributed by atoms with E-state index >= 15 is 0 Å². The third kappa shape index (κ3) is 5.63. The molecule has 0 aromatic heterocycles. The maximum atomic E-state index is 3.83. The summed E-state index contributed by atoms with van der Waals surface area (Å²) in [6.45, 7) is 1.88. The predicted octanol–water partition coefficient (Wildman–Crippen LogP) is 2.50. The summed E-state index contributed by atoms with van der Waals surface area (Å²) in [5, 5.41) is 0. The molecule has 0 aromatic rings. The van der Waals surface area contributed by atoms with Gasteiger partial charge in [-0.25, -0.2) is 0 Å². The van der Waals surface area contributed by atoms with Gasteiger partial charge in [-0.05, 0) is 18.0 Å². The summed E-state index contributed by atoms with van der Waals surface area (Å²) >= 11 is 3.12. The fourth-order valence-corrected chi connectivity index (χ4v) is 0.404. The number of rotatable bonds is 2. The second kappa shape index (κ2) is 6.63. The van der Waals surface area contributed by atoms with Gasteiger partial charge < -0.3 is 0 Å². The molecular formula is C6H8BrN. The molecule has 0 N–H and O–H groups in total. The normalized spacial score (nSPS) is 12.8. The number of nitrogens with zero attached hydrogens (tertiary/aromatic N) is 1. The first kappa shape index (κ1) is 7.63. The van der Waals surface area contributed by atoms with Crippen LogP contribution in [0.4, 0.5) is 0 Å². The number of aliphatic imine (C=N–C) groups is 1. The van der Waals surface area contributed by atoms with Crippen LogP contribution in [0, 0.1) is 0 Å². The maximum absolute atomic E-state index is 3.83. The molecule has 2 heteroatoms. The zero-order valence-electron chi connectivity index (χ0n) is 4.71. The van der Waals surface area contributed by atoms with Crippen molar-refractivity contribution < 1.29 is 0 Å². The Labute approximate surface area is 57.9 Å². The molecule has 0 aliphatic heterocycles. The second-order valence-corrected chi connectivity index (χ2v) is 1.60. The molecule has 0 spiro atoms. The lowest BCUT2D eigenvalue weighted by molar-refractivity contribution is 1.58. The Morgan fingerprint density at radius 2 is 2.12 bits per heavy atom. The first-order valence-electron chi connectivity index (χ1n) is 2.31. The van der Waals surface area contributed by atoms with Crippen molar-refractivity contribution in [2.45, 2.75) is 6.92 Å². The predicted molar refractivity (Wildman–Crippen MR) is 41.4 cm³/mol. The van der Waals surface area contributed by atoms with Crippen LogP contribution in [0.15, 0.2) is 28.3 Å². The Balaban J connectivity index is 3.35. The van der Waals surface area contributed by atoms with Crippen molar-refractivity contribution in [3.05, 3.63) is 23.3 Å². The van der Waals surface area contributed by atoms with Crippen LogP contribution >= 0.6 is 15.9 Å². The largest absolute Gasteiger partial charge is 0.269 e. The number of halogens is 1. The third-order valence-electron chi connectivity index (χ3n) is 0.505. The van der Waals surface area contributed by atoms with Gasteiger partial charge >= 0.3 is 0 Å². The van der Waals surface area contributed by atoms with Crippen LogP contribution in [-0.2, 0) is 0 Å². The van der Waals surface area contributed by atoms with E-state index in [2.05, 4.69) is 20.9 Å². The average Bonchev–Trinajstić information content (AvgIpc) is 1.81. The molecule has 0 aliphatic rings. The summed E-state index contributed by atoms with van der Waals surface area (Å²) in [7, 11) is 0. The fourth-order valence-electron chi connectivity index (χ4n) is 0.227. The highest BCUT2D eigenvalue weighted by Gasteiger charge is 1.56. The molecular weight excluding hydrogens is 166 g/mol. The molecule has 44 valence electrons. The second-order valence-electron chi connectivity index (χ2n) is 1.07. The zero-order valence-corrected chi connectivity index (χ0v) is 6.30. The summed E-state index contributed by atoms with van der Waals surface area (Å²) in [4.78, 5) is 5.60. The molecule has 0 rings (SSSR count). The molecule has 0 fully saturated rings. The highest BCUT2D eigenvalue weighted by Crippen LogP contribution is 1.83. The maximum Gasteiger partial charge on any atom is 0.0263 e. The van der Waals surface area contributed by atoms with Crippen LogP contribution in [0.1, 0.15) is 6.92 Å². The van der Waals surface area contributed by atoms with Crippen molar-refractivity contribution >= 4 is 22.1 Å². The SMILES string of the molecule is CC=N/C=C\C=C\Br. The number of hydrogen-bond acceptors (Lipinski definition) is 1. The van der Waals surface area contributed by atoms with E-state index < -0.39 is 0 Å². The van der Waals surface area contributed by atoms with Gasteiger partial charge in [-0.2, -0.15) is 0 Å². The molecule has 8 heavy (non-hydrogen) atoms. The number of allylic oxidation sites excluding steroid dienone is 2. The highest BCUT2D eigenvalue weighted by molar-refractivity contribution is 9.11. The minimum atomic E-state index is 1.72. The van der Waals surface area contributed by atoms with Crippen molar-refractivity contribution in [2.24, 2.45) is 4.99 Å². The Kier molecular flexibility index (Phi) is 6.32. The Hall–Kier alpha value is -0.370. The third-order valence-corrected chi connectivity index (χ3v) is 0.810. The van der Waals surface area contributed by atoms with Crippen molar-refractivity contribution in [1.29, 1.82) is 0 Å². The van der Waals surface area contributed by atoms with E-state index in [0.29, 0.717) is 0 Å². The molecule has 0 saturated carbocycles. The molecule has 0 saturated heterocycles. The first-order valence-corrected chi connectivity index (χ1v) is 3.23. The van der Waals surface area contributed by atoms with Crippen molar-refractivity contribution in [1.82, 2.24) is 0 Å². The lowest BCUT2D eigenvalue weighted by Gasteiger charge is -1.68. The molecule has 0 aromatic carbocycles. The Morgan fingerprint density at radius 3 is 2.62 bits per heavy atom. The molecule has 0 radical (unpaired) electrons. The summed E-state index contributed by atoms with van der Waals surface area (Å²) in [6.07, 6.45) is 7.15. The summed E-state index contributed by atoms with van der Waals surface area (Å²) in [5.74, 6) is 0. The van der Waals surface area contributed by atoms with E-state index in [0.717, 1.165) is 0 Å². The molecule has 0 bridgehead atoms. The molecule has 0 amide bonds. The van der Waals surface area contributed by atoms with Gasteiger partial charge in [0, 0.05) is 12.4 Å². The van der Waals surface area contributed by atoms with Gasteiger partial charge in [-0.3, -0.25) is 4.99 Å². The lowest BCUT2D eigenvalue weighted by Crippen LogP contribution is -1.51. The zero-order chi connectivity index (χ0) is 6.24. The standard InChI is InChI=1S/C6H8BrN/c1-2-8-6-4-3-5-7/h2-6H,1H3/b5-3+,6-4-,8-2?. The van der Waals surface area contributed by atoms with Crippen LogP contribution in [0.5, 0.6) is 0 Å². The minimum absolute atomic E-state index is 1.72. The monoisotopic (exact) mass is 173 g/mol. The van der Waals surface area contributed by atoms with Crippen molar-refractivity contribution in [3.63, 3.8) is 0 Å². The smallest absolute Gasteiger partial charge is 0.0263 e. The highest BCUT2D eigenvalue weighted by atomic mass is 79.9. The van der Waals surface area contributed by atoms with E-state index in [4.69, 9.17) is 0 Å². The fraction of sp³-hybridized carbons (Fsp3) is 0.167. The van der Waals surface area contributed by atoms with E-state index in [1.807, 2.05) is 19.1 Å². The Morgan fingerprint density at radius 1 is 1.38 bits per heavy atom. The van der Waals surface area contributed by atoms with Crippen LogP contribution in [0.2, 0.25) is 0 Å². The summed E-state index contributed by atoms with van der Waals surface area (Å²) < 4.78 is 0. The van der Waals surface area contributed by atoms with Gasteiger partial charge in [0.15, 0.2) is 0 Å². The van der Waals surface area contributed by atoms with E-state index in [-0.39, 0.29) is 0 Å². The van der Waals surface area contributed by atoms with Crippen LogP contribution in [-0.4, -0.2) is 6.21 Å². The molecule has 0 heterocycles. The summed E-state index contributed by atoms with van der Waals surface area (Å²) in [6, 6.07) is 0. The molecule has 0 aliphatic carbocycles. The van der Waals surface area contributed by atoms with Gasteiger partial charge in [-0.1, -0.05) is 22.0 Å². The lowest BCUT2D eigenvalue weighted by atomic mass is 10.6. The number of hydrogen-bond donors (Lipinski definition) is 0. The van der Waals surface area contributed by atoms with Gasteiger partial charge in [-0.15, -0.1) is 0 Å². The van der Waals surface area contributed by atoms with Crippen LogP contribution in [0.3, 0.4) is 0 Å². The van der Waals surface area contributed by atoms with Crippen LogP contribution < -0.4 is 0 Å². The first-order chi connectivity index (χ1) is 3.91. The van der Waals surface area contributed by atoms with Gasteiger partial charge in [0.25, 0.3) is 0 Å². The van der Waals surface area contributed by atoms with Gasteiger partial charge in [0.05, 0.1) is 0 Å². The van der Waals surface area contributed by atoms with E-state index in [1.54, 1.807) is 17.4 Å². The molecule has 1 nitrogen and oxygen atoms in total. The van der Waals surface area contributed by atoms with Gasteiger partial charge in [0.2, 0.25) is 0 Å². The minimum Gasteiger partial charge on any atom is -0.269 e.